The number of alkyl halides is 3. The number of piperazine rings is 1. The lowest BCUT2D eigenvalue weighted by atomic mass is 10.0. The van der Waals surface area contributed by atoms with Crippen LogP contribution in [-0.4, -0.2) is 64.7 Å². The van der Waals surface area contributed by atoms with Crippen LogP contribution in [0.4, 0.5) is 23.7 Å². The van der Waals surface area contributed by atoms with E-state index < -0.39 is 23.4 Å². The van der Waals surface area contributed by atoms with E-state index in [1.54, 1.807) is 11.0 Å². The molecule has 3 rings (SSSR count). The summed E-state index contributed by atoms with van der Waals surface area (Å²) in [5.41, 5.74) is -0.710. The maximum atomic E-state index is 13.0. The maximum absolute atomic E-state index is 13.0. The van der Waals surface area contributed by atoms with Gasteiger partial charge in [0, 0.05) is 49.4 Å². The highest BCUT2D eigenvalue weighted by atomic mass is 19.4. The summed E-state index contributed by atoms with van der Waals surface area (Å²) in [7, 11) is 0. The van der Waals surface area contributed by atoms with Crippen molar-refractivity contribution < 1.29 is 27.9 Å². The van der Waals surface area contributed by atoms with Gasteiger partial charge < -0.3 is 19.8 Å². The van der Waals surface area contributed by atoms with Crippen molar-refractivity contribution in [1.82, 2.24) is 9.80 Å². The van der Waals surface area contributed by atoms with Crippen molar-refractivity contribution >= 4 is 17.7 Å². The molecule has 31 heavy (non-hydrogen) atoms. The smallest absolute Gasteiger partial charge is 0.416 e. The average Bonchev–Trinajstić information content (AvgIpc) is 3.14. The monoisotopic (exact) mass is 441 g/mol. The number of carbonyl (C=O) groups is 2. The molecule has 0 spiro atoms. The quantitative estimate of drug-likeness (QED) is 0.760. The predicted molar refractivity (Wildman–Crippen MR) is 111 cm³/mol. The van der Waals surface area contributed by atoms with Gasteiger partial charge in [-0.15, -0.1) is 0 Å². The van der Waals surface area contributed by atoms with Crippen LogP contribution in [0.2, 0.25) is 0 Å². The van der Waals surface area contributed by atoms with E-state index in [9.17, 15) is 27.9 Å². The van der Waals surface area contributed by atoms with E-state index >= 15 is 0 Å². The van der Waals surface area contributed by atoms with Gasteiger partial charge in [0.15, 0.2) is 0 Å². The Kier molecular flexibility index (Phi) is 6.43. The summed E-state index contributed by atoms with van der Waals surface area (Å²) in [6.45, 7) is 7.37. The fraction of sp³-hybridized carbons (Fsp3) is 0.636. The van der Waals surface area contributed by atoms with E-state index in [0.29, 0.717) is 51.1 Å². The minimum atomic E-state index is -4.39. The highest BCUT2D eigenvalue weighted by molar-refractivity contribution is 5.80. The van der Waals surface area contributed by atoms with Crippen LogP contribution in [0.25, 0.3) is 0 Å². The van der Waals surface area contributed by atoms with Gasteiger partial charge in [-0.3, -0.25) is 4.79 Å². The van der Waals surface area contributed by atoms with Gasteiger partial charge in [-0.25, -0.2) is 4.79 Å². The average molecular weight is 441 g/mol. The predicted octanol–water partition coefficient (Wildman–Crippen LogP) is 4.30. The van der Waals surface area contributed by atoms with Gasteiger partial charge in [-0.1, -0.05) is 6.07 Å². The Morgan fingerprint density at radius 3 is 2.26 bits per heavy atom. The molecule has 2 atom stereocenters. The molecular weight excluding hydrogens is 411 g/mol. The molecule has 2 fully saturated rings. The van der Waals surface area contributed by atoms with Crippen molar-refractivity contribution in [2.45, 2.75) is 57.8 Å². The van der Waals surface area contributed by atoms with Gasteiger partial charge in [0.1, 0.15) is 0 Å². The first kappa shape index (κ1) is 23.2. The SMILES string of the molecule is CC(C)(C)N(C(=O)O)[C@@H]1CC[C@H](C(=O)N2CCN(c3cccc(C(F)(F)F)c3)CC2)C1. The molecule has 1 saturated carbocycles. The summed E-state index contributed by atoms with van der Waals surface area (Å²) >= 11 is 0. The van der Waals surface area contributed by atoms with Crippen LogP contribution >= 0.6 is 0 Å². The second-order valence-electron chi connectivity index (χ2n) is 9.35. The number of hydrogen-bond donors (Lipinski definition) is 1. The summed E-state index contributed by atoms with van der Waals surface area (Å²) in [6, 6.07) is 5.07. The molecule has 0 bridgehead atoms. The zero-order valence-corrected chi connectivity index (χ0v) is 18.2. The van der Waals surface area contributed by atoms with Gasteiger partial charge >= 0.3 is 12.3 Å². The van der Waals surface area contributed by atoms with Crippen molar-refractivity contribution in [2.24, 2.45) is 5.92 Å². The topological polar surface area (TPSA) is 64.1 Å². The highest BCUT2D eigenvalue weighted by Gasteiger charge is 2.41. The number of hydrogen-bond acceptors (Lipinski definition) is 3. The van der Waals surface area contributed by atoms with Gasteiger partial charge in [0.25, 0.3) is 0 Å². The van der Waals surface area contributed by atoms with E-state index in [1.165, 1.54) is 11.0 Å². The van der Waals surface area contributed by atoms with Crippen molar-refractivity contribution in [3.8, 4) is 0 Å². The van der Waals surface area contributed by atoms with E-state index in [0.717, 1.165) is 12.1 Å². The Morgan fingerprint density at radius 1 is 1.06 bits per heavy atom. The minimum Gasteiger partial charge on any atom is -0.465 e. The molecular formula is C22H30F3N3O3. The summed E-state index contributed by atoms with van der Waals surface area (Å²) < 4.78 is 38.9. The first-order valence-corrected chi connectivity index (χ1v) is 10.6. The second kappa shape index (κ2) is 8.59. The molecule has 0 radical (unpaired) electrons. The molecule has 172 valence electrons. The summed E-state index contributed by atoms with van der Waals surface area (Å²) in [4.78, 5) is 29.8. The normalized spacial score (nSPS) is 22.5. The molecule has 1 heterocycles. The van der Waals surface area contributed by atoms with Crippen LogP contribution in [0.15, 0.2) is 24.3 Å². The number of halogens is 3. The minimum absolute atomic E-state index is 0.0189. The van der Waals surface area contributed by atoms with Gasteiger partial charge in [0.2, 0.25) is 5.91 Å². The van der Waals surface area contributed by atoms with E-state index in [2.05, 4.69) is 0 Å². The van der Waals surface area contributed by atoms with Crippen LogP contribution in [0, 0.1) is 5.92 Å². The van der Waals surface area contributed by atoms with Crippen LogP contribution in [0.1, 0.15) is 45.6 Å². The fourth-order valence-electron chi connectivity index (χ4n) is 4.73. The number of carbonyl (C=O) groups excluding carboxylic acids is 1. The van der Waals surface area contributed by atoms with Gasteiger partial charge in [-0.05, 0) is 58.2 Å². The van der Waals surface area contributed by atoms with Crippen LogP contribution in [0.3, 0.4) is 0 Å². The van der Waals surface area contributed by atoms with E-state index in [4.69, 9.17) is 0 Å². The van der Waals surface area contributed by atoms with Gasteiger partial charge in [0.05, 0.1) is 5.56 Å². The number of rotatable bonds is 3. The number of benzene rings is 1. The lowest BCUT2D eigenvalue weighted by molar-refractivity contribution is -0.137. The third-order valence-corrected chi connectivity index (χ3v) is 6.18. The Hall–Kier alpha value is -2.45. The third-order valence-electron chi connectivity index (χ3n) is 6.18. The van der Waals surface area contributed by atoms with Crippen molar-refractivity contribution in [3.63, 3.8) is 0 Å². The molecule has 0 unspecified atom stereocenters. The van der Waals surface area contributed by atoms with Crippen molar-refractivity contribution in [2.75, 3.05) is 31.1 Å². The zero-order valence-electron chi connectivity index (χ0n) is 18.2. The first-order chi connectivity index (χ1) is 14.4. The molecule has 2 amide bonds. The summed E-state index contributed by atoms with van der Waals surface area (Å²) in [5, 5.41) is 9.60. The molecule has 1 aliphatic heterocycles. The van der Waals surface area contributed by atoms with Crippen molar-refractivity contribution in [1.29, 1.82) is 0 Å². The third kappa shape index (κ3) is 5.25. The Balaban J connectivity index is 1.58. The molecule has 0 aromatic heterocycles. The number of carboxylic acid groups (broad SMARTS) is 1. The Labute approximate surface area is 180 Å². The molecule has 1 aliphatic carbocycles. The zero-order chi connectivity index (χ0) is 23.0. The van der Waals surface area contributed by atoms with Crippen LogP contribution in [-0.2, 0) is 11.0 Å². The fourth-order valence-corrected chi connectivity index (χ4v) is 4.73. The first-order valence-electron chi connectivity index (χ1n) is 10.6. The standard InChI is InChI=1S/C22H30F3N3O3/c1-21(2,3)28(20(30)31)18-8-7-15(13-18)19(29)27-11-9-26(10-12-27)17-6-4-5-16(14-17)22(23,24)25/h4-6,14-15,18H,7-13H2,1-3H3,(H,30,31)/t15-,18+/m0/s1. The highest BCUT2D eigenvalue weighted by Crippen LogP contribution is 2.35. The summed E-state index contributed by atoms with van der Waals surface area (Å²) in [6.07, 6.45) is -3.54. The number of amides is 2. The van der Waals surface area contributed by atoms with E-state index in [-0.39, 0.29) is 17.9 Å². The number of nitrogens with zero attached hydrogens (tertiary/aromatic N) is 3. The van der Waals surface area contributed by atoms with Crippen LogP contribution < -0.4 is 4.90 Å². The second-order valence-corrected chi connectivity index (χ2v) is 9.35. The summed E-state index contributed by atoms with van der Waals surface area (Å²) in [5.74, 6) is -0.195. The Morgan fingerprint density at radius 2 is 1.71 bits per heavy atom. The molecule has 1 aromatic carbocycles. The molecule has 2 aliphatic rings. The maximum Gasteiger partial charge on any atom is 0.416 e. The number of anilines is 1. The van der Waals surface area contributed by atoms with Gasteiger partial charge in [-0.2, -0.15) is 13.2 Å². The van der Waals surface area contributed by atoms with E-state index in [1.807, 2.05) is 25.7 Å². The lowest BCUT2D eigenvalue weighted by Crippen LogP contribution is -2.51. The lowest BCUT2D eigenvalue weighted by Gasteiger charge is -2.39. The molecule has 1 saturated heterocycles. The molecule has 1 aromatic rings. The largest absolute Gasteiger partial charge is 0.465 e. The molecule has 6 nitrogen and oxygen atoms in total. The van der Waals surface area contributed by atoms with Crippen LogP contribution in [0.5, 0.6) is 0 Å². The molecule has 9 heteroatoms. The molecule has 1 N–H and O–H groups in total. The van der Waals surface area contributed by atoms with Crippen molar-refractivity contribution in [3.05, 3.63) is 29.8 Å². The Bertz CT molecular complexity index is 814.